The maximum Gasteiger partial charge on any atom is 0.408 e. The Hall–Kier alpha value is -1.10. The number of ether oxygens (including phenoxy) is 2. The Morgan fingerprint density at radius 3 is 2.33 bits per heavy atom. The van der Waals surface area contributed by atoms with Crippen LogP contribution in [0, 0.1) is 5.92 Å². The molecule has 1 unspecified atom stereocenters. The zero-order valence-corrected chi connectivity index (χ0v) is 11.6. The minimum Gasteiger partial charge on any atom is -0.444 e. The molecule has 0 saturated carbocycles. The molecule has 104 valence electrons. The van der Waals surface area contributed by atoms with Gasteiger partial charge < -0.3 is 14.8 Å². The van der Waals surface area contributed by atoms with Gasteiger partial charge in [0.2, 0.25) is 0 Å². The van der Waals surface area contributed by atoms with Gasteiger partial charge in [0.05, 0.1) is 6.04 Å². The van der Waals surface area contributed by atoms with Gasteiger partial charge in [-0.1, -0.05) is 0 Å². The van der Waals surface area contributed by atoms with Crippen molar-refractivity contribution in [1.82, 2.24) is 5.32 Å². The lowest BCUT2D eigenvalue weighted by atomic mass is 9.92. The second-order valence-electron chi connectivity index (χ2n) is 5.66. The number of hydrogen-bond acceptors (Lipinski definition) is 4. The van der Waals surface area contributed by atoms with Crippen LogP contribution in [0.2, 0.25) is 0 Å². The number of hydrogen-bond donors (Lipinski definition) is 1. The van der Waals surface area contributed by atoms with Crippen molar-refractivity contribution in [3.05, 3.63) is 0 Å². The van der Waals surface area contributed by atoms with Crippen molar-refractivity contribution < 1.29 is 19.1 Å². The van der Waals surface area contributed by atoms with E-state index in [2.05, 4.69) is 5.32 Å². The molecule has 1 saturated heterocycles. The van der Waals surface area contributed by atoms with Crippen LogP contribution in [-0.4, -0.2) is 36.7 Å². The number of ketones is 1. The van der Waals surface area contributed by atoms with Gasteiger partial charge in [-0.05, 0) is 40.5 Å². The second-order valence-corrected chi connectivity index (χ2v) is 5.66. The number of rotatable bonds is 3. The topological polar surface area (TPSA) is 64.6 Å². The SMILES string of the molecule is CC(NC(=O)OC(C)(C)C)C(=O)C1CCOCC1. The van der Waals surface area contributed by atoms with Gasteiger partial charge in [-0.3, -0.25) is 4.79 Å². The summed E-state index contributed by atoms with van der Waals surface area (Å²) in [4.78, 5) is 23.6. The zero-order chi connectivity index (χ0) is 13.8. The molecule has 1 amide bonds. The van der Waals surface area contributed by atoms with Crippen LogP contribution in [0.1, 0.15) is 40.5 Å². The molecule has 1 N–H and O–H groups in total. The molecule has 0 aromatic heterocycles. The normalized spacial score (nSPS) is 19.1. The van der Waals surface area contributed by atoms with E-state index in [-0.39, 0.29) is 11.7 Å². The van der Waals surface area contributed by atoms with E-state index in [1.54, 1.807) is 27.7 Å². The van der Waals surface area contributed by atoms with Crippen LogP contribution in [0.4, 0.5) is 4.79 Å². The fourth-order valence-corrected chi connectivity index (χ4v) is 1.89. The molecule has 1 atom stereocenters. The van der Waals surface area contributed by atoms with E-state index in [0.717, 1.165) is 12.8 Å². The molecule has 0 spiro atoms. The summed E-state index contributed by atoms with van der Waals surface area (Å²) >= 11 is 0. The van der Waals surface area contributed by atoms with Crippen LogP contribution in [-0.2, 0) is 14.3 Å². The van der Waals surface area contributed by atoms with E-state index in [1.807, 2.05) is 0 Å². The van der Waals surface area contributed by atoms with Crippen molar-refractivity contribution in [3.63, 3.8) is 0 Å². The summed E-state index contributed by atoms with van der Waals surface area (Å²) < 4.78 is 10.3. The lowest BCUT2D eigenvalue weighted by Gasteiger charge is -2.25. The van der Waals surface area contributed by atoms with Gasteiger partial charge in [0, 0.05) is 19.1 Å². The Morgan fingerprint density at radius 2 is 1.83 bits per heavy atom. The van der Waals surface area contributed by atoms with Crippen molar-refractivity contribution in [2.45, 2.75) is 52.2 Å². The van der Waals surface area contributed by atoms with Gasteiger partial charge in [0.1, 0.15) is 5.60 Å². The van der Waals surface area contributed by atoms with Crippen LogP contribution in [0.3, 0.4) is 0 Å². The molecule has 0 aromatic carbocycles. The third-order valence-corrected chi connectivity index (χ3v) is 2.78. The summed E-state index contributed by atoms with van der Waals surface area (Å²) in [5.74, 6) is 0.0489. The van der Waals surface area contributed by atoms with Crippen molar-refractivity contribution >= 4 is 11.9 Å². The highest BCUT2D eigenvalue weighted by atomic mass is 16.6. The first kappa shape index (κ1) is 15.0. The average Bonchev–Trinajstić information content (AvgIpc) is 2.26. The van der Waals surface area contributed by atoms with E-state index in [4.69, 9.17) is 9.47 Å². The summed E-state index contributed by atoms with van der Waals surface area (Å²) in [7, 11) is 0. The van der Waals surface area contributed by atoms with E-state index in [1.165, 1.54) is 0 Å². The van der Waals surface area contributed by atoms with Crippen LogP contribution in [0.5, 0.6) is 0 Å². The first-order valence-corrected chi connectivity index (χ1v) is 6.40. The number of Topliss-reactive ketones (excluding diaryl/α,β-unsaturated/α-hetero) is 1. The Balaban J connectivity index is 2.41. The minimum absolute atomic E-state index is 0.0105. The van der Waals surface area contributed by atoms with Crippen molar-refractivity contribution in [1.29, 1.82) is 0 Å². The number of alkyl carbamates (subject to hydrolysis) is 1. The maximum atomic E-state index is 12.1. The summed E-state index contributed by atoms with van der Waals surface area (Å²) in [5.41, 5.74) is -0.550. The molecule has 1 aliphatic heterocycles. The lowest BCUT2D eigenvalue weighted by Crippen LogP contribution is -2.44. The standard InChI is InChI=1S/C13H23NO4/c1-9(14-12(16)18-13(2,3)4)11(15)10-5-7-17-8-6-10/h9-10H,5-8H2,1-4H3,(H,14,16). The molecular formula is C13H23NO4. The Kier molecular flexibility index (Phi) is 5.14. The van der Waals surface area contributed by atoms with Gasteiger partial charge >= 0.3 is 6.09 Å². The largest absolute Gasteiger partial charge is 0.444 e. The minimum atomic E-state index is -0.550. The summed E-state index contributed by atoms with van der Waals surface area (Å²) in [6.07, 6.45) is 0.925. The highest BCUT2D eigenvalue weighted by Crippen LogP contribution is 2.17. The van der Waals surface area contributed by atoms with E-state index in [9.17, 15) is 9.59 Å². The Bertz CT molecular complexity index is 303. The molecule has 5 nitrogen and oxygen atoms in total. The summed E-state index contributed by atoms with van der Waals surface area (Å²) in [6, 6.07) is -0.511. The molecule has 1 aliphatic rings. The molecule has 1 fully saturated rings. The maximum absolute atomic E-state index is 12.1. The lowest BCUT2D eigenvalue weighted by molar-refractivity contribution is -0.127. The molecule has 0 aliphatic carbocycles. The molecule has 18 heavy (non-hydrogen) atoms. The van der Waals surface area contributed by atoms with Gasteiger partial charge in [0.15, 0.2) is 5.78 Å². The van der Waals surface area contributed by atoms with E-state index < -0.39 is 17.7 Å². The average molecular weight is 257 g/mol. The quantitative estimate of drug-likeness (QED) is 0.838. The van der Waals surface area contributed by atoms with Crippen molar-refractivity contribution in [2.24, 2.45) is 5.92 Å². The van der Waals surface area contributed by atoms with Gasteiger partial charge in [-0.2, -0.15) is 0 Å². The van der Waals surface area contributed by atoms with Crippen LogP contribution < -0.4 is 5.32 Å². The predicted molar refractivity (Wildman–Crippen MR) is 67.4 cm³/mol. The van der Waals surface area contributed by atoms with Gasteiger partial charge in [0.25, 0.3) is 0 Å². The summed E-state index contributed by atoms with van der Waals surface area (Å²) in [6.45, 7) is 8.31. The van der Waals surface area contributed by atoms with Crippen LogP contribution in [0.15, 0.2) is 0 Å². The summed E-state index contributed by atoms with van der Waals surface area (Å²) in [5, 5.41) is 2.58. The predicted octanol–water partition coefficient (Wildman–Crippen LogP) is 1.90. The Morgan fingerprint density at radius 1 is 1.28 bits per heavy atom. The van der Waals surface area contributed by atoms with Crippen LogP contribution in [0.25, 0.3) is 0 Å². The molecule has 1 heterocycles. The molecule has 1 rings (SSSR count). The fourth-order valence-electron chi connectivity index (χ4n) is 1.89. The van der Waals surface area contributed by atoms with Gasteiger partial charge in [-0.15, -0.1) is 0 Å². The highest BCUT2D eigenvalue weighted by Gasteiger charge is 2.28. The first-order chi connectivity index (χ1) is 8.29. The smallest absolute Gasteiger partial charge is 0.408 e. The Labute approximate surface area is 108 Å². The van der Waals surface area contributed by atoms with Crippen molar-refractivity contribution in [2.75, 3.05) is 13.2 Å². The molecule has 0 bridgehead atoms. The fraction of sp³-hybridized carbons (Fsp3) is 0.846. The monoisotopic (exact) mass is 257 g/mol. The van der Waals surface area contributed by atoms with E-state index in [0.29, 0.717) is 13.2 Å². The third-order valence-electron chi connectivity index (χ3n) is 2.78. The second kappa shape index (κ2) is 6.18. The number of amides is 1. The molecular weight excluding hydrogens is 234 g/mol. The van der Waals surface area contributed by atoms with Gasteiger partial charge in [-0.25, -0.2) is 4.79 Å². The zero-order valence-electron chi connectivity index (χ0n) is 11.6. The third kappa shape index (κ3) is 5.04. The number of carbonyl (C=O) groups excluding carboxylic acids is 2. The van der Waals surface area contributed by atoms with Crippen molar-refractivity contribution in [3.8, 4) is 0 Å². The number of carbonyl (C=O) groups is 2. The molecule has 5 heteroatoms. The molecule has 0 radical (unpaired) electrons. The first-order valence-electron chi connectivity index (χ1n) is 6.40. The molecule has 0 aromatic rings. The number of nitrogens with one attached hydrogen (secondary N) is 1. The van der Waals surface area contributed by atoms with E-state index >= 15 is 0 Å². The highest BCUT2D eigenvalue weighted by molar-refractivity contribution is 5.88. The van der Waals surface area contributed by atoms with Crippen LogP contribution >= 0.6 is 0 Å².